The normalized spacial score (nSPS) is 12.4. The zero-order valence-corrected chi connectivity index (χ0v) is 11.5. The minimum atomic E-state index is -0.206. The van der Waals surface area contributed by atoms with Gasteiger partial charge in [-0.1, -0.05) is 13.3 Å². The van der Waals surface area contributed by atoms with Crippen LogP contribution < -0.4 is 5.32 Å². The van der Waals surface area contributed by atoms with E-state index in [4.69, 9.17) is 4.74 Å². The Hall–Kier alpha value is -0.940. The number of carbonyl (C=O) groups is 1. The maximum Gasteiger partial charge on any atom is 0.323 e. The molecule has 0 aromatic carbocycles. The lowest BCUT2D eigenvalue weighted by Crippen LogP contribution is -2.37. The quantitative estimate of drug-likeness (QED) is 0.760. The molecular formula is C12H20N2O2S. The number of ether oxygens (including phenoxy) is 1. The van der Waals surface area contributed by atoms with Crippen LogP contribution in [-0.4, -0.2) is 23.6 Å². The van der Waals surface area contributed by atoms with Gasteiger partial charge in [-0.05, 0) is 20.3 Å². The number of carbonyl (C=O) groups excluding carboxylic acids is 1. The van der Waals surface area contributed by atoms with E-state index in [-0.39, 0.29) is 12.0 Å². The Morgan fingerprint density at radius 1 is 1.59 bits per heavy atom. The third kappa shape index (κ3) is 4.83. The van der Waals surface area contributed by atoms with Crippen LogP contribution in [0.3, 0.4) is 0 Å². The fourth-order valence-electron chi connectivity index (χ4n) is 1.55. The average Bonchev–Trinajstić information content (AvgIpc) is 2.70. The zero-order chi connectivity index (χ0) is 12.7. The van der Waals surface area contributed by atoms with E-state index in [1.807, 2.05) is 20.0 Å². The number of esters is 1. The van der Waals surface area contributed by atoms with Crippen molar-refractivity contribution in [2.75, 3.05) is 6.61 Å². The van der Waals surface area contributed by atoms with Crippen LogP contribution in [0.25, 0.3) is 0 Å². The van der Waals surface area contributed by atoms with Crippen LogP contribution in [0.2, 0.25) is 0 Å². The summed E-state index contributed by atoms with van der Waals surface area (Å²) < 4.78 is 5.04. The Bertz CT molecular complexity index is 352. The molecule has 0 saturated carbocycles. The van der Waals surface area contributed by atoms with Crippen LogP contribution in [0.15, 0.2) is 6.20 Å². The van der Waals surface area contributed by atoms with Gasteiger partial charge < -0.3 is 4.74 Å². The number of aryl methyl sites for hydroxylation is 1. The van der Waals surface area contributed by atoms with Crippen LogP contribution in [0.4, 0.5) is 0 Å². The van der Waals surface area contributed by atoms with Crippen molar-refractivity contribution in [1.29, 1.82) is 0 Å². The summed E-state index contributed by atoms with van der Waals surface area (Å²) in [5.41, 5.74) is 0. The molecule has 0 saturated heterocycles. The van der Waals surface area contributed by atoms with E-state index in [0.29, 0.717) is 13.2 Å². The summed E-state index contributed by atoms with van der Waals surface area (Å²) in [4.78, 5) is 17.0. The van der Waals surface area contributed by atoms with Gasteiger partial charge in [0.25, 0.3) is 0 Å². The van der Waals surface area contributed by atoms with Crippen molar-refractivity contribution in [3.05, 3.63) is 16.1 Å². The second-order valence-corrected chi connectivity index (χ2v) is 5.14. The third-order valence-corrected chi connectivity index (χ3v) is 3.25. The second-order valence-electron chi connectivity index (χ2n) is 3.82. The van der Waals surface area contributed by atoms with Crippen molar-refractivity contribution < 1.29 is 9.53 Å². The molecule has 0 amide bonds. The lowest BCUT2D eigenvalue weighted by atomic mass is 10.1. The fraction of sp³-hybridized carbons (Fsp3) is 0.667. The van der Waals surface area contributed by atoms with E-state index >= 15 is 0 Å². The summed E-state index contributed by atoms with van der Waals surface area (Å²) in [5.74, 6) is -0.157. The fourth-order valence-corrected chi connectivity index (χ4v) is 2.29. The van der Waals surface area contributed by atoms with Gasteiger partial charge in [-0.15, -0.1) is 11.3 Å². The van der Waals surface area contributed by atoms with Crippen LogP contribution in [0, 0.1) is 6.92 Å². The first-order chi connectivity index (χ1) is 8.17. The first kappa shape index (κ1) is 14.1. The van der Waals surface area contributed by atoms with Crippen molar-refractivity contribution >= 4 is 17.3 Å². The molecule has 4 nitrogen and oxygen atoms in total. The van der Waals surface area contributed by atoms with Gasteiger partial charge >= 0.3 is 5.97 Å². The first-order valence-electron chi connectivity index (χ1n) is 5.98. The molecular weight excluding hydrogens is 236 g/mol. The number of nitrogens with zero attached hydrogens (tertiary/aromatic N) is 1. The topological polar surface area (TPSA) is 51.2 Å². The number of thiazole rings is 1. The van der Waals surface area contributed by atoms with Crippen LogP contribution >= 0.6 is 11.3 Å². The van der Waals surface area contributed by atoms with Crippen LogP contribution in [-0.2, 0) is 16.1 Å². The van der Waals surface area contributed by atoms with Gasteiger partial charge in [-0.3, -0.25) is 10.1 Å². The first-order valence-corrected chi connectivity index (χ1v) is 6.80. The largest absolute Gasteiger partial charge is 0.465 e. The van der Waals surface area contributed by atoms with Gasteiger partial charge in [0.2, 0.25) is 0 Å². The van der Waals surface area contributed by atoms with Gasteiger partial charge in [0, 0.05) is 17.6 Å². The van der Waals surface area contributed by atoms with Gasteiger partial charge in [-0.2, -0.15) is 0 Å². The summed E-state index contributed by atoms with van der Waals surface area (Å²) in [7, 11) is 0. The lowest BCUT2D eigenvalue weighted by molar-refractivity contribution is -0.145. The number of hydrogen-bond donors (Lipinski definition) is 1. The Morgan fingerprint density at radius 3 is 2.88 bits per heavy atom. The lowest BCUT2D eigenvalue weighted by Gasteiger charge is -2.15. The van der Waals surface area contributed by atoms with Crippen molar-refractivity contribution in [3.8, 4) is 0 Å². The molecule has 1 aromatic rings. The average molecular weight is 256 g/mol. The highest BCUT2D eigenvalue weighted by molar-refractivity contribution is 7.11. The van der Waals surface area contributed by atoms with Gasteiger partial charge in [0.15, 0.2) is 0 Å². The minimum absolute atomic E-state index is 0.157. The number of nitrogens with one attached hydrogen (secondary N) is 1. The van der Waals surface area contributed by atoms with Crippen molar-refractivity contribution in [2.24, 2.45) is 0 Å². The minimum Gasteiger partial charge on any atom is -0.465 e. The van der Waals surface area contributed by atoms with Crippen molar-refractivity contribution in [3.63, 3.8) is 0 Å². The molecule has 0 spiro atoms. The molecule has 1 atom stereocenters. The molecule has 0 fully saturated rings. The van der Waals surface area contributed by atoms with Crippen LogP contribution in [0.5, 0.6) is 0 Å². The van der Waals surface area contributed by atoms with E-state index in [2.05, 4.69) is 17.2 Å². The van der Waals surface area contributed by atoms with E-state index in [0.717, 1.165) is 22.7 Å². The standard InChI is InChI=1S/C12H20N2O2S/c1-4-6-11(12(15)16-5-2)14-8-10-7-13-9(3)17-10/h7,11,14H,4-6,8H2,1-3H3. The summed E-state index contributed by atoms with van der Waals surface area (Å²) in [6, 6.07) is -0.206. The van der Waals surface area contributed by atoms with Gasteiger partial charge in [0.1, 0.15) is 6.04 Å². The third-order valence-electron chi connectivity index (χ3n) is 2.34. The molecule has 1 N–H and O–H groups in total. The predicted octanol–water partition coefficient (Wildman–Crippen LogP) is 2.27. The Balaban J connectivity index is 2.46. The summed E-state index contributed by atoms with van der Waals surface area (Å²) >= 11 is 1.65. The molecule has 0 radical (unpaired) electrons. The van der Waals surface area contributed by atoms with Gasteiger partial charge in [0.05, 0.1) is 11.6 Å². The van der Waals surface area contributed by atoms with Crippen molar-refractivity contribution in [1.82, 2.24) is 10.3 Å². The molecule has 0 aliphatic heterocycles. The maximum absolute atomic E-state index is 11.7. The molecule has 0 aliphatic carbocycles. The molecule has 1 unspecified atom stereocenters. The van der Waals surface area contributed by atoms with E-state index in [9.17, 15) is 4.79 Å². The monoisotopic (exact) mass is 256 g/mol. The predicted molar refractivity (Wildman–Crippen MR) is 69.0 cm³/mol. The highest BCUT2D eigenvalue weighted by Crippen LogP contribution is 2.11. The molecule has 1 aromatic heterocycles. The molecule has 1 heterocycles. The van der Waals surface area contributed by atoms with E-state index in [1.54, 1.807) is 11.3 Å². The Morgan fingerprint density at radius 2 is 2.35 bits per heavy atom. The van der Waals surface area contributed by atoms with Crippen LogP contribution in [0.1, 0.15) is 36.6 Å². The van der Waals surface area contributed by atoms with E-state index in [1.165, 1.54) is 0 Å². The Labute approximate surface area is 106 Å². The maximum atomic E-state index is 11.7. The number of aromatic nitrogens is 1. The summed E-state index contributed by atoms with van der Waals surface area (Å²) in [6.45, 7) is 6.97. The summed E-state index contributed by atoms with van der Waals surface area (Å²) in [5, 5.41) is 4.28. The molecule has 1 rings (SSSR count). The van der Waals surface area contributed by atoms with E-state index < -0.39 is 0 Å². The SMILES string of the molecule is CCCC(NCc1cnc(C)s1)C(=O)OCC. The number of rotatable bonds is 7. The molecule has 5 heteroatoms. The number of hydrogen-bond acceptors (Lipinski definition) is 5. The zero-order valence-electron chi connectivity index (χ0n) is 10.7. The van der Waals surface area contributed by atoms with Gasteiger partial charge in [-0.25, -0.2) is 4.98 Å². The smallest absolute Gasteiger partial charge is 0.323 e. The molecule has 0 aliphatic rings. The highest BCUT2D eigenvalue weighted by Gasteiger charge is 2.18. The second kappa shape index (κ2) is 7.40. The Kier molecular flexibility index (Phi) is 6.15. The molecule has 0 bridgehead atoms. The summed E-state index contributed by atoms with van der Waals surface area (Å²) in [6.07, 6.45) is 3.61. The highest BCUT2D eigenvalue weighted by atomic mass is 32.1. The molecule has 96 valence electrons. The van der Waals surface area contributed by atoms with Crippen molar-refractivity contribution in [2.45, 2.75) is 46.2 Å². The molecule has 17 heavy (non-hydrogen) atoms.